The summed E-state index contributed by atoms with van der Waals surface area (Å²) in [5, 5.41) is 10.7. The number of benzene rings is 3. The van der Waals surface area contributed by atoms with Gasteiger partial charge in [-0.1, -0.05) is 91.0 Å². The molecule has 1 aliphatic heterocycles. The van der Waals surface area contributed by atoms with Crippen LogP contribution in [0.2, 0.25) is 0 Å². The van der Waals surface area contributed by atoms with Crippen LogP contribution in [0.15, 0.2) is 91.0 Å². The molecule has 2 unspecified atom stereocenters. The van der Waals surface area contributed by atoms with Gasteiger partial charge in [0.1, 0.15) is 17.6 Å². The average Bonchev–Trinajstić information content (AvgIpc) is 3.12. The summed E-state index contributed by atoms with van der Waals surface area (Å²) in [4.78, 5) is 0. The Morgan fingerprint density at radius 3 is 1.58 bits per heavy atom. The maximum absolute atomic E-state index is 10.7. The monoisotopic (exact) mass is 436 g/mol. The van der Waals surface area contributed by atoms with E-state index < -0.39 is 11.5 Å². The van der Waals surface area contributed by atoms with Crippen LogP contribution in [-0.2, 0) is 34.0 Å². The summed E-state index contributed by atoms with van der Waals surface area (Å²) in [5.41, 5.74) is 2.64. The van der Waals surface area contributed by atoms with Crippen molar-refractivity contribution >= 4 is 11.8 Å². The van der Waals surface area contributed by atoms with Crippen LogP contribution in [0, 0.1) is 0 Å². The minimum Gasteiger partial charge on any atom is -0.380 e. The lowest BCUT2D eigenvalue weighted by Gasteiger charge is -2.25. The third kappa shape index (κ3) is 6.42. The highest BCUT2D eigenvalue weighted by molar-refractivity contribution is 8.00. The Morgan fingerprint density at radius 2 is 1.06 bits per heavy atom. The molecule has 1 aliphatic rings. The van der Waals surface area contributed by atoms with Crippen LogP contribution in [0.1, 0.15) is 16.7 Å². The zero-order valence-electron chi connectivity index (χ0n) is 17.4. The minimum absolute atomic E-state index is 0.0109. The molecule has 4 rings (SSSR count). The molecule has 5 heteroatoms. The van der Waals surface area contributed by atoms with Crippen LogP contribution in [0.4, 0.5) is 0 Å². The Hall–Kier alpha value is -2.15. The summed E-state index contributed by atoms with van der Waals surface area (Å²) in [6.07, 6.45) is -0.682. The van der Waals surface area contributed by atoms with Crippen LogP contribution >= 0.6 is 11.8 Å². The molecule has 4 atom stereocenters. The number of aliphatic hydroxyl groups is 1. The van der Waals surface area contributed by atoms with E-state index in [1.54, 1.807) is 0 Å². The Morgan fingerprint density at radius 1 is 0.613 bits per heavy atom. The van der Waals surface area contributed by atoms with Gasteiger partial charge in [0, 0.05) is 0 Å². The van der Waals surface area contributed by atoms with Crippen LogP contribution in [0.3, 0.4) is 0 Å². The first-order valence-corrected chi connectivity index (χ1v) is 11.5. The van der Waals surface area contributed by atoms with Gasteiger partial charge in [-0.2, -0.15) is 0 Å². The lowest BCUT2D eigenvalue weighted by atomic mass is 10.1. The average molecular weight is 437 g/mol. The highest BCUT2D eigenvalue weighted by Crippen LogP contribution is 2.38. The molecule has 31 heavy (non-hydrogen) atoms. The van der Waals surface area contributed by atoms with Gasteiger partial charge in [0.25, 0.3) is 0 Å². The van der Waals surface area contributed by atoms with E-state index in [9.17, 15) is 5.11 Å². The quantitative estimate of drug-likeness (QED) is 0.494. The maximum atomic E-state index is 10.7. The fraction of sp³-hybridized carbons (Fsp3) is 0.308. The molecule has 0 aliphatic carbocycles. The Balaban J connectivity index is 1.39. The van der Waals surface area contributed by atoms with Crippen molar-refractivity contribution in [1.29, 1.82) is 0 Å². The zero-order chi connectivity index (χ0) is 21.3. The van der Waals surface area contributed by atoms with Gasteiger partial charge in [0.15, 0.2) is 0 Å². The van der Waals surface area contributed by atoms with Gasteiger partial charge in [-0.25, -0.2) is 0 Å². The molecule has 1 N–H and O–H groups in total. The lowest BCUT2D eigenvalue weighted by molar-refractivity contribution is -0.107. The van der Waals surface area contributed by atoms with Gasteiger partial charge in [-0.3, -0.25) is 0 Å². The first-order chi connectivity index (χ1) is 15.3. The SMILES string of the molecule is OC1S[C@H](COCc2ccccc2)C(OCc2ccccc2)[C@@H]1OCc1ccccc1. The van der Waals surface area contributed by atoms with Crippen molar-refractivity contribution in [3.05, 3.63) is 108 Å². The van der Waals surface area contributed by atoms with Crippen molar-refractivity contribution in [3.8, 4) is 0 Å². The van der Waals surface area contributed by atoms with Crippen molar-refractivity contribution < 1.29 is 19.3 Å². The number of hydrogen-bond acceptors (Lipinski definition) is 5. The molecule has 1 fully saturated rings. The van der Waals surface area contributed by atoms with Gasteiger partial charge in [-0.05, 0) is 16.7 Å². The molecule has 3 aromatic carbocycles. The van der Waals surface area contributed by atoms with E-state index in [1.807, 2.05) is 91.0 Å². The number of rotatable bonds is 10. The molecule has 0 saturated carbocycles. The van der Waals surface area contributed by atoms with E-state index in [0.29, 0.717) is 26.4 Å². The van der Waals surface area contributed by atoms with Gasteiger partial charge in [0.2, 0.25) is 0 Å². The first kappa shape index (κ1) is 22.1. The van der Waals surface area contributed by atoms with Crippen molar-refractivity contribution in [1.82, 2.24) is 0 Å². The topological polar surface area (TPSA) is 47.9 Å². The fourth-order valence-electron chi connectivity index (χ4n) is 3.62. The van der Waals surface area contributed by atoms with Crippen molar-refractivity contribution in [3.63, 3.8) is 0 Å². The zero-order valence-corrected chi connectivity index (χ0v) is 18.2. The van der Waals surface area contributed by atoms with Gasteiger partial charge in [-0.15, -0.1) is 11.8 Å². The molecule has 0 bridgehead atoms. The molecular formula is C26H28O4S. The predicted molar refractivity (Wildman–Crippen MR) is 124 cm³/mol. The minimum atomic E-state index is -0.658. The Labute approximate surface area is 188 Å². The molecule has 0 spiro atoms. The second-order valence-corrected chi connectivity index (χ2v) is 8.95. The largest absolute Gasteiger partial charge is 0.380 e. The lowest BCUT2D eigenvalue weighted by Crippen LogP contribution is -2.39. The van der Waals surface area contributed by atoms with Crippen LogP contribution < -0.4 is 0 Å². The van der Waals surface area contributed by atoms with Crippen LogP contribution in [0.5, 0.6) is 0 Å². The van der Waals surface area contributed by atoms with Crippen molar-refractivity contribution in [2.45, 2.75) is 42.7 Å². The normalized spacial score (nSPS) is 23.1. The van der Waals surface area contributed by atoms with E-state index >= 15 is 0 Å². The van der Waals surface area contributed by atoms with E-state index in [1.165, 1.54) is 11.8 Å². The molecule has 1 heterocycles. The summed E-state index contributed by atoms with van der Waals surface area (Å²) >= 11 is 1.47. The van der Waals surface area contributed by atoms with Crippen LogP contribution in [0.25, 0.3) is 0 Å². The first-order valence-electron chi connectivity index (χ1n) is 10.6. The fourth-order valence-corrected chi connectivity index (χ4v) is 4.93. The molecule has 4 nitrogen and oxygen atoms in total. The summed E-state index contributed by atoms with van der Waals surface area (Å²) in [6.45, 7) is 1.93. The van der Waals surface area contributed by atoms with Gasteiger partial charge in [0.05, 0.1) is 31.7 Å². The summed E-state index contributed by atoms with van der Waals surface area (Å²) in [5.74, 6) is 0. The molecular weight excluding hydrogens is 408 g/mol. The predicted octanol–water partition coefficient (Wildman–Crippen LogP) is 4.81. The third-order valence-corrected chi connectivity index (χ3v) is 6.55. The maximum Gasteiger partial charge on any atom is 0.128 e. The number of ether oxygens (including phenoxy) is 3. The van der Waals surface area contributed by atoms with E-state index in [0.717, 1.165) is 16.7 Å². The van der Waals surface area contributed by atoms with E-state index in [-0.39, 0.29) is 11.4 Å². The Kier molecular flexibility index (Phi) is 8.16. The highest BCUT2D eigenvalue weighted by Gasteiger charge is 2.45. The molecule has 162 valence electrons. The van der Waals surface area contributed by atoms with Crippen molar-refractivity contribution in [2.24, 2.45) is 0 Å². The summed E-state index contributed by atoms with van der Waals surface area (Å²) in [6, 6.07) is 30.2. The second-order valence-electron chi connectivity index (χ2n) is 7.59. The molecule has 0 aromatic heterocycles. The van der Waals surface area contributed by atoms with Crippen molar-refractivity contribution in [2.75, 3.05) is 6.61 Å². The van der Waals surface area contributed by atoms with Gasteiger partial charge >= 0.3 is 0 Å². The smallest absolute Gasteiger partial charge is 0.128 e. The molecule has 1 saturated heterocycles. The Bertz CT molecular complexity index is 891. The summed E-state index contributed by atoms with van der Waals surface area (Å²) < 4.78 is 18.4. The molecule has 0 amide bonds. The van der Waals surface area contributed by atoms with Gasteiger partial charge < -0.3 is 19.3 Å². The number of hydrogen-bond donors (Lipinski definition) is 1. The van der Waals surface area contributed by atoms with E-state index in [4.69, 9.17) is 14.2 Å². The standard InChI is InChI=1S/C26H28O4S/c27-26-25(30-18-22-14-8-3-9-15-22)24(29-17-21-12-6-2-7-13-21)23(31-26)19-28-16-20-10-4-1-5-11-20/h1-15,23-27H,16-19H2/t23-,24?,25+,26?/m1/s1. The second kappa shape index (κ2) is 11.5. The molecule has 3 aromatic rings. The molecule has 0 radical (unpaired) electrons. The highest BCUT2D eigenvalue weighted by atomic mass is 32.2. The summed E-state index contributed by atoms with van der Waals surface area (Å²) in [7, 11) is 0. The third-order valence-electron chi connectivity index (χ3n) is 5.25. The van der Waals surface area contributed by atoms with Crippen LogP contribution in [-0.4, -0.2) is 34.6 Å². The van der Waals surface area contributed by atoms with E-state index in [2.05, 4.69) is 0 Å². The number of thioether (sulfide) groups is 1. The number of aliphatic hydroxyl groups excluding tert-OH is 1.